The molecule has 0 radical (unpaired) electrons. The van der Waals surface area contributed by atoms with Gasteiger partial charge in [-0.05, 0) is 31.6 Å². The number of thioether (sulfide) groups is 1. The predicted molar refractivity (Wildman–Crippen MR) is 123 cm³/mol. The van der Waals surface area contributed by atoms with Crippen molar-refractivity contribution in [1.29, 1.82) is 0 Å². The summed E-state index contributed by atoms with van der Waals surface area (Å²) < 4.78 is 5.63. The van der Waals surface area contributed by atoms with Crippen LogP contribution in [-0.2, 0) is 14.3 Å². The van der Waals surface area contributed by atoms with E-state index in [1.807, 2.05) is 6.92 Å². The number of ether oxygens (including phenoxy) is 1. The fourth-order valence-electron chi connectivity index (χ4n) is 3.17. The molecule has 1 unspecified atom stereocenters. The van der Waals surface area contributed by atoms with Gasteiger partial charge in [-0.15, -0.1) is 10.2 Å². The monoisotopic (exact) mass is 489 g/mol. The molecule has 174 valence electrons. The number of hydrogen-bond donors (Lipinski definition) is 2. The summed E-state index contributed by atoms with van der Waals surface area (Å²) in [5.74, 6) is -1.60. The van der Waals surface area contributed by atoms with E-state index in [2.05, 4.69) is 20.8 Å². The van der Waals surface area contributed by atoms with Gasteiger partial charge in [0.05, 0.1) is 24.8 Å². The number of hydrogen-bond acceptors (Lipinski definition) is 9. The van der Waals surface area contributed by atoms with Crippen LogP contribution in [0.2, 0.25) is 0 Å². The number of methoxy groups -OCH3 is 1. The van der Waals surface area contributed by atoms with E-state index >= 15 is 0 Å². The second kappa shape index (κ2) is 10.6. The highest BCUT2D eigenvalue weighted by Crippen LogP contribution is 2.28. The van der Waals surface area contributed by atoms with Crippen molar-refractivity contribution in [3.63, 3.8) is 0 Å². The van der Waals surface area contributed by atoms with Crippen LogP contribution in [-0.4, -0.2) is 71.3 Å². The van der Waals surface area contributed by atoms with Crippen LogP contribution < -0.4 is 10.6 Å². The number of amides is 3. The first-order valence-corrected chi connectivity index (χ1v) is 11.7. The van der Waals surface area contributed by atoms with E-state index in [-0.39, 0.29) is 23.4 Å². The van der Waals surface area contributed by atoms with Crippen molar-refractivity contribution >= 4 is 46.8 Å². The number of nitrogens with zero attached hydrogens (tertiary/aromatic N) is 3. The lowest BCUT2D eigenvalue weighted by Gasteiger charge is -2.39. The maximum absolute atomic E-state index is 12.8. The summed E-state index contributed by atoms with van der Waals surface area (Å²) >= 11 is 2.85. The maximum Gasteiger partial charge on any atom is 0.354 e. The Kier molecular flexibility index (Phi) is 7.82. The van der Waals surface area contributed by atoms with Gasteiger partial charge in [0, 0.05) is 12.8 Å². The summed E-state index contributed by atoms with van der Waals surface area (Å²) in [7, 11) is 2.72. The minimum absolute atomic E-state index is 0.108. The molecule has 12 heteroatoms. The van der Waals surface area contributed by atoms with Crippen LogP contribution in [0.5, 0.6) is 0 Å². The number of esters is 1. The number of aromatic nitrogens is 2. The summed E-state index contributed by atoms with van der Waals surface area (Å²) in [5.41, 5.74) is 1.15. The van der Waals surface area contributed by atoms with Gasteiger partial charge < -0.3 is 20.3 Å². The molecule has 1 atom stereocenters. The highest BCUT2D eigenvalue weighted by molar-refractivity contribution is 8.01. The lowest BCUT2D eigenvalue weighted by atomic mass is 10.0. The molecule has 0 spiro atoms. The molecule has 2 N–H and O–H groups in total. The van der Waals surface area contributed by atoms with E-state index in [1.165, 1.54) is 54.3 Å². The van der Waals surface area contributed by atoms with Crippen LogP contribution in [0, 0.1) is 6.92 Å². The van der Waals surface area contributed by atoms with Gasteiger partial charge in [0.2, 0.25) is 0 Å². The standard InChI is InChI=1S/C21H23N5O5S2/c1-11(10-32-21-25-24-12(2)33-21)16(20(30)31-4)26-9-15(19(26)29)23-18(28)14-8-6-5-7-13(14)17(27)22-3/h5-8,15H,9-10H2,1-4H3,(H,22,27)(H,23,28)/b16-11-. The van der Waals surface area contributed by atoms with Crippen molar-refractivity contribution < 1.29 is 23.9 Å². The summed E-state index contributed by atoms with van der Waals surface area (Å²) in [4.78, 5) is 51.3. The zero-order chi connectivity index (χ0) is 24.1. The molecule has 1 aromatic heterocycles. The lowest BCUT2D eigenvalue weighted by Crippen LogP contribution is -2.64. The molecule has 2 aromatic rings. The highest BCUT2D eigenvalue weighted by atomic mass is 32.2. The van der Waals surface area contributed by atoms with Crippen LogP contribution in [0.3, 0.4) is 0 Å². The first-order valence-electron chi connectivity index (χ1n) is 9.91. The molecule has 0 saturated carbocycles. The molecule has 33 heavy (non-hydrogen) atoms. The summed E-state index contributed by atoms with van der Waals surface area (Å²) in [5, 5.41) is 14.0. The largest absolute Gasteiger partial charge is 0.464 e. The molecule has 1 saturated heterocycles. The molecule has 0 bridgehead atoms. The average Bonchev–Trinajstić information content (AvgIpc) is 3.25. The Morgan fingerprint density at radius 3 is 2.42 bits per heavy atom. The number of nitrogens with one attached hydrogen (secondary N) is 2. The van der Waals surface area contributed by atoms with Gasteiger partial charge in [0.15, 0.2) is 4.34 Å². The third-order valence-electron chi connectivity index (χ3n) is 4.85. The van der Waals surface area contributed by atoms with E-state index in [9.17, 15) is 19.2 Å². The van der Waals surface area contributed by atoms with Gasteiger partial charge >= 0.3 is 5.97 Å². The highest BCUT2D eigenvalue weighted by Gasteiger charge is 2.43. The molecule has 1 aliphatic heterocycles. The molecule has 3 rings (SSSR count). The van der Waals surface area contributed by atoms with E-state index < -0.39 is 29.7 Å². The van der Waals surface area contributed by atoms with E-state index in [0.29, 0.717) is 11.3 Å². The van der Waals surface area contributed by atoms with E-state index in [0.717, 1.165) is 9.35 Å². The fourth-order valence-corrected chi connectivity index (χ4v) is 4.94. The van der Waals surface area contributed by atoms with Crippen LogP contribution in [0.1, 0.15) is 32.6 Å². The number of β-lactam (4-membered cyclic amide) rings is 1. The molecule has 3 amide bonds. The van der Waals surface area contributed by atoms with Gasteiger partial charge in [-0.3, -0.25) is 14.4 Å². The maximum atomic E-state index is 12.8. The topological polar surface area (TPSA) is 131 Å². The number of likely N-dealkylation sites (tertiary alicyclic amines) is 1. The van der Waals surface area contributed by atoms with E-state index in [1.54, 1.807) is 19.1 Å². The molecule has 1 aliphatic rings. The molecule has 1 fully saturated rings. The van der Waals surface area contributed by atoms with Crippen molar-refractivity contribution in [3.05, 3.63) is 51.7 Å². The van der Waals surface area contributed by atoms with Gasteiger partial charge in [-0.25, -0.2) is 4.79 Å². The van der Waals surface area contributed by atoms with Crippen molar-refractivity contribution in [2.45, 2.75) is 24.2 Å². The minimum atomic E-state index is -0.818. The lowest BCUT2D eigenvalue weighted by molar-refractivity contribution is -0.148. The Morgan fingerprint density at radius 2 is 1.88 bits per heavy atom. The summed E-state index contributed by atoms with van der Waals surface area (Å²) in [6, 6.07) is 5.50. The molecule has 0 aliphatic carbocycles. The van der Waals surface area contributed by atoms with Gasteiger partial charge in [0.1, 0.15) is 16.7 Å². The van der Waals surface area contributed by atoms with Crippen molar-refractivity contribution in [2.75, 3.05) is 26.5 Å². The summed E-state index contributed by atoms with van der Waals surface area (Å²) in [6.45, 7) is 3.70. The van der Waals surface area contributed by atoms with Gasteiger partial charge in [-0.1, -0.05) is 35.2 Å². The number of carbonyl (C=O) groups excluding carboxylic acids is 4. The van der Waals surface area contributed by atoms with Gasteiger partial charge in [0.25, 0.3) is 17.7 Å². The zero-order valence-corrected chi connectivity index (χ0v) is 20.1. The third kappa shape index (κ3) is 5.40. The quantitative estimate of drug-likeness (QED) is 0.246. The number of carbonyl (C=O) groups is 4. The average molecular weight is 490 g/mol. The molecular formula is C21H23N5O5S2. The fraction of sp³-hybridized carbons (Fsp3) is 0.333. The normalized spacial score (nSPS) is 15.9. The Labute approximate surface area is 198 Å². The predicted octanol–water partition coefficient (Wildman–Crippen LogP) is 1.39. The first-order chi connectivity index (χ1) is 15.8. The van der Waals surface area contributed by atoms with Crippen molar-refractivity contribution in [2.24, 2.45) is 0 Å². The van der Waals surface area contributed by atoms with Crippen LogP contribution >= 0.6 is 23.1 Å². The molecule has 1 aromatic carbocycles. The Balaban J connectivity index is 1.71. The van der Waals surface area contributed by atoms with E-state index in [4.69, 9.17) is 4.74 Å². The molecule has 10 nitrogen and oxygen atoms in total. The number of aryl methyl sites for hydroxylation is 1. The Bertz CT molecular complexity index is 1130. The van der Waals surface area contributed by atoms with Crippen LogP contribution in [0.15, 0.2) is 39.9 Å². The second-order valence-corrected chi connectivity index (χ2v) is 9.50. The smallest absolute Gasteiger partial charge is 0.354 e. The Hall–Kier alpha value is -3.25. The van der Waals surface area contributed by atoms with Crippen molar-refractivity contribution in [3.8, 4) is 0 Å². The number of benzene rings is 1. The first kappa shape index (κ1) is 24.4. The van der Waals surface area contributed by atoms with Crippen molar-refractivity contribution in [1.82, 2.24) is 25.7 Å². The van der Waals surface area contributed by atoms with Gasteiger partial charge in [-0.2, -0.15) is 0 Å². The third-order valence-corrected chi connectivity index (χ3v) is 6.99. The zero-order valence-electron chi connectivity index (χ0n) is 18.5. The number of rotatable bonds is 8. The SMILES string of the molecule is CNC(=O)c1ccccc1C(=O)NC1CN(/C(C(=O)OC)=C(/C)CSc2nnc(C)s2)C1=O. The minimum Gasteiger partial charge on any atom is -0.464 e. The molecular weight excluding hydrogens is 466 g/mol. The second-order valence-electron chi connectivity index (χ2n) is 7.10. The molecule has 2 heterocycles. The van der Waals surface area contributed by atoms with Crippen LogP contribution in [0.4, 0.5) is 0 Å². The van der Waals surface area contributed by atoms with Crippen LogP contribution in [0.25, 0.3) is 0 Å². The Morgan fingerprint density at radius 1 is 1.21 bits per heavy atom. The summed E-state index contributed by atoms with van der Waals surface area (Å²) in [6.07, 6.45) is 0.